The normalized spacial score (nSPS) is 17.3. The Hall–Kier alpha value is -2.35. The summed E-state index contributed by atoms with van der Waals surface area (Å²) in [5.41, 5.74) is 0. The second-order valence-corrected chi connectivity index (χ2v) is 6.28. The summed E-state index contributed by atoms with van der Waals surface area (Å²) < 4.78 is 6.99. The first-order valence-electron chi connectivity index (χ1n) is 7.43. The van der Waals surface area contributed by atoms with Crippen molar-refractivity contribution in [1.82, 2.24) is 19.8 Å². The fraction of sp³-hybridized carbons (Fsp3) is 0.400. The lowest BCUT2D eigenvalue weighted by molar-refractivity contribution is -0.124. The van der Waals surface area contributed by atoms with E-state index in [2.05, 4.69) is 10.3 Å². The van der Waals surface area contributed by atoms with Gasteiger partial charge < -0.3 is 14.6 Å². The summed E-state index contributed by atoms with van der Waals surface area (Å²) in [6.07, 6.45) is 5.72. The van der Waals surface area contributed by atoms with Crippen LogP contribution >= 0.6 is 11.3 Å². The molecule has 2 amide bonds. The second kappa shape index (κ2) is 7.28. The van der Waals surface area contributed by atoms with Crippen molar-refractivity contribution in [2.45, 2.75) is 25.6 Å². The molecule has 0 spiro atoms. The molecule has 23 heavy (non-hydrogen) atoms. The molecular weight excluding hydrogens is 316 g/mol. The molecule has 0 aliphatic carbocycles. The molecule has 1 saturated heterocycles. The molecule has 122 valence electrons. The van der Waals surface area contributed by atoms with E-state index in [1.807, 2.05) is 28.3 Å². The van der Waals surface area contributed by atoms with Gasteiger partial charge in [0, 0.05) is 30.4 Å². The average molecular weight is 334 g/mol. The molecular formula is C15H18N4O3S. The first-order valence-corrected chi connectivity index (χ1v) is 8.31. The average Bonchev–Trinajstić information content (AvgIpc) is 3.28. The number of hydrogen-bond donors (Lipinski definition) is 1. The third-order valence-corrected chi connectivity index (χ3v) is 4.50. The predicted octanol–water partition coefficient (Wildman–Crippen LogP) is 1.47. The van der Waals surface area contributed by atoms with E-state index < -0.39 is 12.1 Å². The van der Waals surface area contributed by atoms with Crippen molar-refractivity contribution in [3.8, 4) is 0 Å². The van der Waals surface area contributed by atoms with E-state index in [0.29, 0.717) is 13.1 Å². The molecule has 3 heterocycles. The van der Waals surface area contributed by atoms with Gasteiger partial charge in [0.15, 0.2) is 0 Å². The number of hydrogen-bond acceptors (Lipinski definition) is 5. The predicted molar refractivity (Wildman–Crippen MR) is 84.9 cm³/mol. The molecule has 1 aliphatic heterocycles. The Bertz CT molecular complexity index is 642. The van der Waals surface area contributed by atoms with E-state index in [-0.39, 0.29) is 12.5 Å². The van der Waals surface area contributed by atoms with Crippen LogP contribution in [0.3, 0.4) is 0 Å². The van der Waals surface area contributed by atoms with Crippen molar-refractivity contribution >= 4 is 23.3 Å². The van der Waals surface area contributed by atoms with E-state index in [4.69, 9.17) is 4.74 Å². The molecule has 1 atom stereocenters. The van der Waals surface area contributed by atoms with Crippen molar-refractivity contribution < 1.29 is 14.3 Å². The number of ether oxygens (including phenoxy) is 1. The summed E-state index contributed by atoms with van der Waals surface area (Å²) in [5, 5.41) is 4.82. The van der Waals surface area contributed by atoms with Crippen LogP contribution in [-0.4, -0.2) is 45.6 Å². The number of cyclic esters (lactones) is 1. The van der Waals surface area contributed by atoms with Gasteiger partial charge in [0.25, 0.3) is 0 Å². The summed E-state index contributed by atoms with van der Waals surface area (Å²) in [7, 11) is 0. The maximum atomic E-state index is 12.3. The number of rotatable bonds is 7. The van der Waals surface area contributed by atoms with Crippen molar-refractivity contribution in [2.75, 3.05) is 13.2 Å². The van der Waals surface area contributed by atoms with Crippen molar-refractivity contribution in [3.63, 3.8) is 0 Å². The first kappa shape index (κ1) is 15.5. The molecule has 1 fully saturated rings. The Morgan fingerprint density at radius 2 is 2.43 bits per heavy atom. The summed E-state index contributed by atoms with van der Waals surface area (Å²) in [6.45, 7) is 1.86. The molecule has 7 nitrogen and oxygen atoms in total. The van der Waals surface area contributed by atoms with Crippen molar-refractivity contribution in [2.24, 2.45) is 0 Å². The third kappa shape index (κ3) is 3.89. The smallest absolute Gasteiger partial charge is 0.410 e. The highest BCUT2D eigenvalue weighted by molar-refractivity contribution is 7.09. The number of thiophene rings is 1. The van der Waals surface area contributed by atoms with Crippen LogP contribution in [0.25, 0.3) is 0 Å². The number of carbonyl (C=O) groups is 2. The lowest BCUT2D eigenvalue weighted by Crippen LogP contribution is -2.45. The van der Waals surface area contributed by atoms with Crippen LogP contribution in [0, 0.1) is 0 Å². The van der Waals surface area contributed by atoms with Gasteiger partial charge in [0.1, 0.15) is 12.6 Å². The van der Waals surface area contributed by atoms with Gasteiger partial charge in [0.05, 0.1) is 12.9 Å². The van der Waals surface area contributed by atoms with E-state index >= 15 is 0 Å². The molecule has 0 radical (unpaired) electrons. The van der Waals surface area contributed by atoms with Crippen molar-refractivity contribution in [1.29, 1.82) is 0 Å². The molecule has 8 heteroatoms. The number of carbonyl (C=O) groups excluding carboxylic acids is 2. The SMILES string of the molecule is O=C(NCCCn1ccnc1)[C@@H]1COC(=O)N1Cc1cccs1. The van der Waals surface area contributed by atoms with Crippen LogP contribution in [0.1, 0.15) is 11.3 Å². The molecule has 0 aromatic carbocycles. The number of nitrogens with zero attached hydrogens (tertiary/aromatic N) is 3. The Morgan fingerprint density at radius 1 is 1.52 bits per heavy atom. The topological polar surface area (TPSA) is 76.5 Å². The van der Waals surface area contributed by atoms with E-state index in [1.54, 1.807) is 23.9 Å². The molecule has 2 aromatic heterocycles. The highest BCUT2D eigenvalue weighted by atomic mass is 32.1. The van der Waals surface area contributed by atoms with Gasteiger partial charge in [0.2, 0.25) is 5.91 Å². The van der Waals surface area contributed by atoms with Crippen LogP contribution < -0.4 is 5.32 Å². The summed E-state index contributed by atoms with van der Waals surface area (Å²) in [6, 6.07) is 3.31. The zero-order valence-electron chi connectivity index (χ0n) is 12.6. The third-order valence-electron chi connectivity index (χ3n) is 3.64. The molecule has 0 unspecified atom stereocenters. The Kier molecular flexibility index (Phi) is 4.92. The number of nitrogens with one attached hydrogen (secondary N) is 1. The van der Waals surface area contributed by atoms with Gasteiger partial charge >= 0.3 is 6.09 Å². The van der Waals surface area contributed by atoms with Crippen LogP contribution in [0.5, 0.6) is 0 Å². The summed E-state index contributed by atoms with van der Waals surface area (Å²) >= 11 is 1.56. The summed E-state index contributed by atoms with van der Waals surface area (Å²) in [5.74, 6) is -0.168. The first-order chi connectivity index (χ1) is 11.2. The fourth-order valence-corrected chi connectivity index (χ4v) is 3.13. The van der Waals surface area contributed by atoms with Crippen LogP contribution in [0.15, 0.2) is 36.2 Å². The maximum absolute atomic E-state index is 12.3. The number of aryl methyl sites for hydroxylation is 1. The minimum atomic E-state index is -0.558. The molecule has 3 rings (SSSR count). The van der Waals surface area contributed by atoms with Gasteiger partial charge in [-0.15, -0.1) is 11.3 Å². The van der Waals surface area contributed by atoms with Crippen LogP contribution in [0.2, 0.25) is 0 Å². The Balaban J connectivity index is 1.48. The van der Waals surface area contributed by atoms with Gasteiger partial charge in [-0.3, -0.25) is 9.69 Å². The second-order valence-electron chi connectivity index (χ2n) is 5.25. The molecule has 0 bridgehead atoms. The number of aromatic nitrogens is 2. The zero-order chi connectivity index (χ0) is 16.1. The lowest BCUT2D eigenvalue weighted by Gasteiger charge is -2.20. The standard InChI is InChI=1S/C15H18N4O3S/c20-14(17-4-2-6-18-7-5-16-11-18)13-10-22-15(21)19(13)9-12-3-1-8-23-12/h1,3,5,7-8,11,13H,2,4,6,9-10H2,(H,17,20)/t13-/m0/s1. The fourth-order valence-electron chi connectivity index (χ4n) is 2.42. The monoisotopic (exact) mass is 334 g/mol. The molecule has 0 saturated carbocycles. The van der Waals surface area contributed by atoms with Gasteiger partial charge in [-0.2, -0.15) is 0 Å². The lowest BCUT2D eigenvalue weighted by atomic mass is 10.2. The highest BCUT2D eigenvalue weighted by Gasteiger charge is 2.37. The quantitative estimate of drug-likeness (QED) is 0.778. The Labute approximate surface area is 137 Å². The van der Waals surface area contributed by atoms with E-state index in [9.17, 15) is 9.59 Å². The van der Waals surface area contributed by atoms with Crippen LogP contribution in [0.4, 0.5) is 4.79 Å². The zero-order valence-corrected chi connectivity index (χ0v) is 13.4. The molecule has 1 N–H and O–H groups in total. The van der Waals surface area contributed by atoms with Gasteiger partial charge in [-0.25, -0.2) is 9.78 Å². The minimum absolute atomic E-state index is 0.109. The maximum Gasteiger partial charge on any atom is 0.410 e. The number of imidazole rings is 1. The number of amides is 2. The minimum Gasteiger partial charge on any atom is -0.447 e. The Morgan fingerprint density at radius 3 is 3.17 bits per heavy atom. The highest BCUT2D eigenvalue weighted by Crippen LogP contribution is 2.19. The van der Waals surface area contributed by atoms with Crippen molar-refractivity contribution in [3.05, 3.63) is 41.1 Å². The largest absolute Gasteiger partial charge is 0.447 e. The van der Waals surface area contributed by atoms with Gasteiger partial charge in [-0.1, -0.05) is 6.07 Å². The summed E-state index contributed by atoms with van der Waals surface area (Å²) in [4.78, 5) is 30.6. The molecule has 2 aromatic rings. The molecule has 1 aliphatic rings. The van der Waals surface area contributed by atoms with Gasteiger partial charge in [-0.05, 0) is 17.9 Å². The van der Waals surface area contributed by atoms with E-state index in [1.165, 1.54) is 4.90 Å². The van der Waals surface area contributed by atoms with Crippen LogP contribution in [-0.2, 0) is 22.6 Å². The van der Waals surface area contributed by atoms with E-state index in [0.717, 1.165) is 17.8 Å².